The molecule has 1 aliphatic heterocycles. The van der Waals surface area contributed by atoms with E-state index in [4.69, 9.17) is 11.6 Å². The van der Waals surface area contributed by atoms with Crippen molar-refractivity contribution in [2.45, 2.75) is 24.9 Å². The molecule has 0 saturated carbocycles. The average Bonchev–Trinajstić information content (AvgIpc) is 3.19. The Balaban J connectivity index is 1.67. The number of hydrogen-bond donors (Lipinski definition) is 1. The molecule has 7 heteroatoms. The van der Waals surface area contributed by atoms with E-state index in [-0.39, 0.29) is 11.1 Å². The molecule has 4 rings (SSSR count). The van der Waals surface area contributed by atoms with E-state index in [0.717, 1.165) is 12.1 Å². The highest BCUT2D eigenvalue weighted by molar-refractivity contribution is 6.31. The zero-order valence-electron chi connectivity index (χ0n) is 16.3. The first-order valence-corrected chi connectivity index (χ1v) is 10.1. The molecule has 1 fully saturated rings. The number of carbonyl (C=O) groups is 2. The molecule has 158 valence electrons. The Morgan fingerprint density at radius 3 is 2.32 bits per heavy atom. The number of carboxylic acid groups (broad SMARTS) is 1. The van der Waals surface area contributed by atoms with Crippen molar-refractivity contribution in [2.75, 3.05) is 0 Å². The van der Waals surface area contributed by atoms with E-state index in [0.29, 0.717) is 29.0 Å². The summed E-state index contributed by atoms with van der Waals surface area (Å²) in [5.41, 5.74) is 1.66. The Kier molecular flexibility index (Phi) is 5.74. The molecule has 0 aliphatic carbocycles. The van der Waals surface area contributed by atoms with Crippen LogP contribution < -0.4 is 0 Å². The highest BCUT2D eigenvalue weighted by Crippen LogP contribution is 2.40. The summed E-state index contributed by atoms with van der Waals surface area (Å²) in [6, 6.07) is 15.1. The minimum Gasteiger partial charge on any atom is -0.480 e. The van der Waals surface area contributed by atoms with Gasteiger partial charge in [0.2, 0.25) is 0 Å². The van der Waals surface area contributed by atoms with Crippen LogP contribution in [0.4, 0.5) is 8.78 Å². The van der Waals surface area contributed by atoms with Gasteiger partial charge in [-0.1, -0.05) is 41.9 Å². The van der Waals surface area contributed by atoms with Crippen LogP contribution >= 0.6 is 11.6 Å². The van der Waals surface area contributed by atoms with Crippen LogP contribution in [0.15, 0.2) is 66.7 Å². The van der Waals surface area contributed by atoms with Gasteiger partial charge >= 0.3 is 5.97 Å². The molecule has 1 N–H and O–H groups in total. The summed E-state index contributed by atoms with van der Waals surface area (Å²) in [5.74, 6) is -2.90. The molecule has 0 bridgehead atoms. The molecule has 0 spiro atoms. The first-order valence-electron chi connectivity index (χ1n) is 9.72. The standard InChI is InChI=1S/C24H18ClF2NO3/c25-19-4-2-1-3-18(19)21-11-12-22(24(30)31)28(21)23(29)15-7-5-14(6-8-15)17-10-9-16(26)13-20(17)27/h1-10,13,21-22H,11-12H2,(H,30,31)/t21-,22+/m1/s1. The number of nitrogens with zero attached hydrogens (tertiary/aromatic N) is 1. The number of carbonyl (C=O) groups excluding carboxylic acids is 1. The maximum Gasteiger partial charge on any atom is 0.326 e. The molecule has 3 aromatic rings. The summed E-state index contributed by atoms with van der Waals surface area (Å²) >= 11 is 6.31. The van der Waals surface area contributed by atoms with Crippen LogP contribution in [0, 0.1) is 11.6 Å². The van der Waals surface area contributed by atoms with Crippen molar-refractivity contribution in [1.82, 2.24) is 4.90 Å². The van der Waals surface area contributed by atoms with Crippen LogP contribution in [0.1, 0.15) is 34.8 Å². The second-order valence-electron chi connectivity index (χ2n) is 7.38. The fraction of sp³-hybridized carbons (Fsp3) is 0.167. The molecule has 0 aromatic heterocycles. The van der Waals surface area contributed by atoms with E-state index in [2.05, 4.69) is 0 Å². The number of carboxylic acids is 1. The van der Waals surface area contributed by atoms with Gasteiger partial charge < -0.3 is 10.0 Å². The van der Waals surface area contributed by atoms with Crippen molar-refractivity contribution in [1.29, 1.82) is 0 Å². The van der Waals surface area contributed by atoms with Gasteiger partial charge in [0.25, 0.3) is 5.91 Å². The Morgan fingerprint density at radius 1 is 0.968 bits per heavy atom. The number of rotatable bonds is 4. The lowest BCUT2D eigenvalue weighted by atomic mass is 10.0. The molecule has 1 amide bonds. The van der Waals surface area contributed by atoms with Gasteiger partial charge in [0.05, 0.1) is 6.04 Å². The molecule has 1 aliphatic rings. The molecule has 2 atom stereocenters. The third-order valence-corrected chi connectivity index (χ3v) is 5.89. The Labute approximate surface area is 182 Å². The number of likely N-dealkylation sites (tertiary alicyclic amines) is 1. The predicted molar refractivity (Wildman–Crippen MR) is 113 cm³/mol. The van der Waals surface area contributed by atoms with Gasteiger partial charge in [-0.25, -0.2) is 13.6 Å². The second-order valence-corrected chi connectivity index (χ2v) is 7.79. The van der Waals surface area contributed by atoms with Crippen LogP contribution in [0.5, 0.6) is 0 Å². The fourth-order valence-corrected chi connectivity index (χ4v) is 4.31. The smallest absolute Gasteiger partial charge is 0.326 e. The molecular weight excluding hydrogens is 424 g/mol. The highest BCUT2D eigenvalue weighted by atomic mass is 35.5. The van der Waals surface area contributed by atoms with Crippen molar-refractivity contribution in [2.24, 2.45) is 0 Å². The summed E-state index contributed by atoms with van der Waals surface area (Å²) in [5, 5.41) is 10.1. The Hall–Kier alpha value is -3.25. The maximum atomic E-state index is 14.1. The zero-order valence-corrected chi connectivity index (χ0v) is 17.0. The SMILES string of the molecule is O=C(O)[C@@H]1CC[C@H](c2ccccc2Cl)N1C(=O)c1ccc(-c2ccc(F)cc2F)cc1. The largest absolute Gasteiger partial charge is 0.480 e. The van der Waals surface area contributed by atoms with Crippen LogP contribution in [0.2, 0.25) is 5.02 Å². The van der Waals surface area contributed by atoms with Crippen LogP contribution in [0.25, 0.3) is 11.1 Å². The van der Waals surface area contributed by atoms with Gasteiger partial charge in [0, 0.05) is 22.2 Å². The van der Waals surface area contributed by atoms with E-state index in [1.165, 1.54) is 23.1 Å². The summed E-state index contributed by atoms with van der Waals surface area (Å²) in [6.45, 7) is 0. The number of halogens is 3. The third kappa shape index (κ3) is 4.03. The minimum atomic E-state index is -1.08. The molecular formula is C24H18ClF2NO3. The topological polar surface area (TPSA) is 57.6 Å². The van der Waals surface area contributed by atoms with Crippen molar-refractivity contribution >= 4 is 23.5 Å². The van der Waals surface area contributed by atoms with E-state index < -0.39 is 35.6 Å². The molecule has 4 nitrogen and oxygen atoms in total. The monoisotopic (exact) mass is 441 g/mol. The molecule has 0 radical (unpaired) electrons. The van der Waals surface area contributed by atoms with Crippen molar-refractivity contribution in [3.8, 4) is 11.1 Å². The fourth-order valence-electron chi connectivity index (χ4n) is 4.05. The third-order valence-electron chi connectivity index (χ3n) is 5.54. The quantitative estimate of drug-likeness (QED) is 0.563. The van der Waals surface area contributed by atoms with Gasteiger partial charge in [-0.3, -0.25) is 4.79 Å². The first kappa shape index (κ1) is 21.0. The summed E-state index contributed by atoms with van der Waals surface area (Å²) in [7, 11) is 0. The van der Waals surface area contributed by atoms with Crippen molar-refractivity contribution in [3.63, 3.8) is 0 Å². The highest BCUT2D eigenvalue weighted by Gasteiger charge is 2.42. The lowest BCUT2D eigenvalue weighted by Crippen LogP contribution is -2.41. The van der Waals surface area contributed by atoms with Crippen molar-refractivity contribution < 1.29 is 23.5 Å². The lowest BCUT2D eigenvalue weighted by molar-refractivity contribution is -0.141. The normalized spacial score (nSPS) is 18.2. The molecule has 1 saturated heterocycles. The maximum absolute atomic E-state index is 14.1. The van der Waals surface area contributed by atoms with Gasteiger partial charge in [0.15, 0.2) is 0 Å². The minimum absolute atomic E-state index is 0.207. The van der Waals surface area contributed by atoms with Crippen molar-refractivity contribution in [3.05, 3.63) is 94.5 Å². The number of benzene rings is 3. The first-order chi connectivity index (χ1) is 14.9. The predicted octanol–water partition coefficient (Wildman–Crippen LogP) is 5.72. The Morgan fingerprint density at radius 2 is 1.68 bits per heavy atom. The van der Waals surface area contributed by atoms with Gasteiger partial charge in [-0.05, 0) is 54.3 Å². The van der Waals surface area contributed by atoms with E-state index in [1.54, 1.807) is 36.4 Å². The van der Waals surface area contributed by atoms with Gasteiger partial charge in [-0.15, -0.1) is 0 Å². The number of amides is 1. The number of hydrogen-bond acceptors (Lipinski definition) is 2. The molecule has 3 aromatic carbocycles. The lowest BCUT2D eigenvalue weighted by Gasteiger charge is -2.29. The van der Waals surface area contributed by atoms with Gasteiger partial charge in [-0.2, -0.15) is 0 Å². The van der Waals surface area contributed by atoms with E-state index in [1.807, 2.05) is 0 Å². The summed E-state index contributed by atoms with van der Waals surface area (Å²) < 4.78 is 27.2. The van der Waals surface area contributed by atoms with Crippen LogP contribution in [0.3, 0.4) is 0 Å². The zero-order chi connectivity index (χ0) is 22.1. The molecule has 31 heavy (non-hydrogen) atoms. The molecule has 1 heterocycles. The Bertz CT molecular complexity index is 1150. The van der Waals surface area contributed by atoms with Gasteiger partial charge in [0.1, 0.15) is 17.7 Å². The van der Waals surface area contributed by atoms with E-state index in [9.17, 15) is 23.5 Å². The summed E-state index contributed by atoms with van der Waals surface area (Å²) in [4.78, 5) is 26.5. The summed E-state index contributed by atoms with van der Waals surface area (Å²) in [6.07, 6.45) is 0.793. The number of aliphatic carboxylic acids is 1. The second kappa shape index (κ2) is 8.47. The van der Waals surface area contributed by atoms with E-state index >= 15 is 0 Å². The van der Waals surface area contributed by atoms with Crippen LogP contribution in [-0.4, -0.2) is 27.9 Å². The molecule has 0 unspecified atom stereocenters. The van der Waals surface area contributed by atoms with Crippen LogP contribution in [-0.2, 0) is 4.79 Å². The average molecular weight is 442 g/mol.